The molecule has 0 saturated carbocycles. The van der Waals surface area contributed by atoms with Gasteiger partial charge in [-0.05, 0) is 47.7 Å². The molecule has 5 nitrogen and oxygen atoms in total. The van der Waals surface area contributed by atoms with Gasteiger partial charge in [0.15, 0.2) is 0 Å². The number of nitrogens with one attached hydrogen (secondary N) is 1. The lowest BCUT2D eigenvalue weighted by molar-refractivity contribution is 0.273. The Hall–Kier alpha value is -1.36. The molecule has 1 heterocycles. The van der Waals surface area contributed by atoms with Gasteiger partial charge in [-0.25, -0.2) is 4.98 Å². The van der Waals surface area contributed by atoms with Crippen LogP contribution in [0.4, 0.5) is 5.95 Å². The summed E-state index contributed by atoms with van der Waals surface area (Å²) >= 11 is 0. The molecule has 108 valence electrons. The SMILES string of the molecule is CCOc1cc(C)nc(NCCCN(C)C(C)C)n1. The Morgan fingerprint density at radius 3 is 2.74 bits per heavy atom. The Kier molecular flexibility index (Phi) is 6.56. The van der Waals surface area contributed by atoms with E-state index in [1.807, 2.05) is 19.9 Å². The van der Waals surface area contributed by atoms with Gasteiger partial charge in [-0.15, -0.1) is 0 Å². The maximum absolute atomic E-state index is 5.40. The molecule has 0 radical (unpaired) electrons. The Labute approximate surface area is 116 Å². The van der Waals surface area contributed by atoms with Gasteiger partial charge < -0.3 is 15.0 Å². The van der Waals surface area contributed by atoms with Gasteiger partial charge in [0, 0.05) is 24.3 Å². The monoisotopic (exact) mass is 266 g/mol. The average Bonchev–Trinajstić information content (AvgIpc) is 2.34. The molecular weight excluding hydrogens is 240 g/mol. The minimum absolute atomic E-state index is 0.583. The molecule has 0 spiro atoms. The second kappa shape index (κ2) is 7.94. The van der Waals surface area contributed by atoms with Crippen molar-refractivity contribution in [3.8, 4) is 5.88 Å². The summed E-state index contributed by atoms with van der Waals surface area (Å²) < 4.78 is 5.40. The van der Waals surface area contributed by atoms with Crippen LogP contribution < -0.4 is 10.1 Å². The van der Waals surface area contributed by atoms with Crippen LogP contribution in [0.25, 0.3) is 0 Å². The maximum Gasteiger partial charge on any atom is 0.226 e. The van der Waals surface area contributed by atoms with Gasteiger partial charge in [0.1, 0.15) is 0 Å². The van der Waals surface area contributed by atoms with Gasteiger partial charge in [-0.3, -0.25) is 0 Å². The number of aromatic nitrogens is 2. The number of hydrogen-bond donors (Lipinski definition) is 1. The number of aryl methyl sites for hydroxylation is 1. The van der Waals surface area contributed by atoms with Crippen molar-refractivity contribution in [3.63, 3.8) is 0 Å². The Balaban J connectivity index is 2.40. The van der Waals surface area contributed by atoms with Gasteiger partial charge in [0.05, 0.1) is 6.61 Å². The van der Waals surface area contributed by atoms with Gasteiger partial charge in [0.25, 0.3) is 0 Å². The zero-order valence-electron chi connectivity index (χ0n) is 12.7. The lowest BCUT2D eigenvalue weighted by atomic mass is 10.3. The molecular formula is C14H26N4O. The van der Waals surface area contributed by atoms with E-state index < -0.39 is 0 Å². The largest absolute Gasteiger partial charge is 0.478 e. The highest BCUT2D eigenvalue weighted by atomic mass is 16.5. The Morgan fingerprint density at radius 1 is 1.37 bits per heavy atom. The fraction of sp³-hybridized carbons (Fsp3) is 0.714. The molecule has 0 unspecified atom stereocenters. The topological polar surface area (TPSA) is 50.3 Å². The minimum atomic E-state index is 0.583. The first kappa shape index (κ1) is 15.7. The van der Waals surface area contributed by atoms with Crippen LogP contribution in [0.1, 0.15) is 32.9 Å². The molecule has 1 aromatic rings. The third-order valence-electron chi connectivity index (χ3n) is 2.98. The van der Waals surface area contributed by atoms with Crippen LogP contribution in [0.15, 0.2) is 6.07 Å². The van der Waals surface area contributed by atoms with Crippen molar-refractivity contribution in [3.05, 3.63) is 11.8 Å². The number of rotatable bonds is 8. The van der Waals surface area contributed by atoms with Crippen LogP contribution in [0.3, 0.4) is 0 Å². The second-order valence-corrected chi connectivity index (χ2v) is 4.96. The quantitative estimate of drug-likeness (QED) is 0.732. The van der Waals surface area contributed by atoms with Crippen molar-refractivity contribution >= 4 is 5.95 Å². The average molecular weight is 266 g/mol. The van der Waals surface area contributed by atoms with E-state index in [2.05, 4.69) is 41.1 Å². The number of anilines is 1. The van der Waals surface area contributed by atoms with Crippen LogP contribution in [-0.4, -0.2) is 47.7 Å². The highest BCUT2D eigenvalue weighted by molar-refractivity contribution is 5.30. The Bertz CT molecular complexity index is 382. The summed E-state index contributed by atoms with van der Waals surface area (Å²) in [4.78, 5) is 11.0. The summed E-state index contributed by atoms with van der Waals surface area (Å²) in [6.07, 6.45) is 1.07. The first-order valence-corrected chi connectivity index (χ1v) is 6.95. The molecule has 0 saturated heterocycles. The maximum atomic E-state index is 5.40. The molecule has 0 aromatic carbocycles. The van der Waals surface area contributed by atoms with Crippen LogP contribution >= 0.6 is 0 Å². The molecule has 1 N–H and O–H groups in total. The fourth-order valence-electron chi connectivity index (χ4n) is 1.63. The predicted molar refractivity (Wildman–Crippen MR) is 78.8 cm³/mol. The first-order valence-electron chi connectivity index (χ1n) is 6.95. The molecule has 0 atom stereocenters. The van der Waals surface area contributed by atoms with Gasteiger partial charge in [0.2, 0.25) is 11.8 Å². The van der Waals surface area contributed by atoms with E-state index in [1.165, 1.54) is 0 Å². The third kappa shape index (κ3) is 5.87. The molecule has 19 heavy (non-hydrogen) atoms. The standard InChI is InChI=1S/C14H26N4O/c1-6-19-13-10-12(4)16-14(17-13)15-8-7-9-18(5)11(2)3/h10-11H,6-9H2,1-5H3,(H,15,16,17). The van der Waals surface area contributed by atoms with Crippen molar-refractivity contribution in [2.45, 2.75) is 40.2 Å². The molecule has 1 aromatic heterocycles. The van der Waals surface area contributed by atoms with Crippen molar-refractivity contribution in [1.29, 1.82) is 0 Å². The van der Waals surface area contributed by atoms with Crippen LogP contribution in [-0.2, 0) is 0 Å². The summed E-state index contributed by atoms with van der Waals surface area (Å²) in [6.45, 7) is 10.8. The summed E-state index contributed by atoms with van der Waals surface area (Å²) in [6, 6.07) is 2.43. The fourth-order valence-corrected chi connectivity index (χ4v) is 1.63. The highest BCUT2D eigenvalue weighted by Gasteiger charge is 2.04. The summed E-state index contributed by atoms with van der Waals surface area (Å²) in [5, 5.41) is 3.25. The van der Waals surface area contributed by atoms with Crippen LogP contribution in [0.5, 0.6) is 5.88 Å². The molecule has 0 fully saturated rings. The smallest absolute Gasteiger partial charge is 0.226 e. The number of hydrogen-bond acceptors (Lipinski definition) is 5. The van der Waals surface area contributed by atoms with Crippen molar-refractivity contribution < 1.29 is 4.74 Å². The minimum Gasteiger partial charge on any atom is -0.478 e. The molecule has 0 amide bonds. The van der Waals surface area contributed by atoms with E-state index in [0.29, 0.717) is 24.5 Å². The molecule has 0 aliphatic carbocycles. The van der Waals surface area contributed by atoms with E-state index in [1.54, 1.807) is 0 Å². The zero-order valence-corrected chi connectivity index (χ0v) is 12.7. The van der Waals surface area contributed by atoms with Crippen LogP contribution in [0.2, 0.25) is 0 Å². The van der Waals surface area contributed by atoms with E-state index >= 15 is 0 Å². The Morgan fingerprint density at radius 2 is 2.11 bits per heavy atom. The van der Waals surface area contributed by atoms with E-state index in [0.717, 1.165) is 25.2 Å². The first-order chi connectivity index (χ1) is 9.02. The highest BCUT2D eigenvalue weighted by Crippen LogP contribution is 2.11. The van der Waals surface area contributed by atoms with E-state index in [4.69, 9.17) is 4.74 Å². The number of ether oxygens (including phenoxy) is 1. The molecule has 0 aliphatic heterocycles. The third-order valence-corrected chi connectivity index (χ3v) is 2.98. The second-order valence-electron chi connectivity index (χ2n) is 4.96. The van der Waals surface area contributed by atoms with Gasteiger partial charge in [-0.2, -0.15) is 4.98 Å². The normalized spacial score (nSPS) is 11.1. The number of nitrogens with zero attached hydrogens (tertiary/aromatic N) is 3. The van der Waals surface area contributed by atoms with E-state index in [-0.39, 0.29) is 0 Å². The molecule has 0 aliphatic rings. The summed E-state index contributed by atoms with van der Waals surface area (Å²) in [5.74, 6) is 1.28. The molecule has 5 heteroatoms. The van der Waals surface area contributed by atoms with Crippen molar-refractivity contribution in [2.24, 2.45) is 0 Å². The van der Waals surface area contributed by atoms with Crippen molar-refractivity contribution in [2.75, 3.05) is 32.1 Å². The molecule has 1 rings (SSSR count). The lowest BCUT2D eigenvalue weighted by Crippen LogP contribution is -2.28. The van der Waals surface area contributed by atoms with Crippen LogP contribution in [0, 0.1) is 6.92 Å². The van der Waals surface area contributed by atoms with Gasteiger partial charge in [-0.1, -0.05) is 0 Å². The van der Waals surface area contributed by atoms with Gasteiger partial charge >= 0.3 is 0 Å². The van der Waals surface area contributed by atoms with E-state index in [9.17, 15) is 0 Å². The predicted octanol–water partition coefficient (Wildman–Crippen LogP) is 2.33. The van der Waals surface area contributed by atoms with Crippen molar-refractivity contribution in [1.82, 2.24) is 14.9 Å². The molecule has 0 bridgehead atoms. The summed E-state index contributed by atoms with van der Waals surface area (Å²) in [7, 11) is 2.14. The summed E-state index contributed by atoms with van der Waals surface area (Å²) in [5.41, 5.74) is 0.917. The lowest BCUT2D eigenvalue weighted by Gasteiger charge is -2.20. The zero-order chi connectivity index (χ0) is 14.3.